The van der Waals surface area contributed by atoms with Crippen LogP contribution in [0.15, 0.2) is 48.5 Å². The van der Waals surface area contributed by atoms with E-state index in [0.717, 1.165) is 5.56 Å². The zero-order chi connectivity index (χ0) is 19.5. The molecule has 2 aromatic carbocycles. The van der Waals surface area contributed by atoms with Crippen molar-refractivity contribution in [2.24, 2.45) is 0 Å². The van der Waals surface area contributed by atoms with Gasteiger partial charge in [0.2, 0.25) is 0 Å². The van der Waals surface area contributed by atoms with Crippen LogP contribution in [0.3, 0.4) is 0 Å². The molecule has 0 saturated carbocycles. The summed E-state index contributed by atoms with van der Waals surface area (Å²) in [5.74, 6) is 0. The first-order valence-electron chi connectivity index (χ1n) is 9.39. The monoisotopic (exact) mass is 348 g/mol. The molecule has 0 aromatic heterocycles. The standard InChI is InChI=1S/C24H32N2/c1-17(18-11-9-8-10-12-18)26-22(16-25)19-13-20(23(2,3)4)15-21(14-19)24(5,6)7/h8-15,17,22,26H,1-7H3/t17-,22+/m1/s1. The van der Waals surface area contributed by atoms with Crippen LogP contribution in [0, 0.1) is 11.3 Å². The summed E-state index contributed by atoms with van der Waals surface area (Å²) in [5.41, 5.74) is 4.87. The van der Waals surface area contributed by atoms with E-state index in [1.807, 2.05) is 18.2 Å². The molecule has 2 rings (SSSR count). The molecular weight excluding hydrogens is 316 g/mol. The van der Waals surface area contributed by atoms with E-state index >= 15 is 0 Å². The van der Waals surface area contributed by atoms with Gasteiger partial charge in [-0.2, -0.15) is 5.26 Å². The Morgan fingerprint density at radius 2 is 1.31 bits per heavy atom. The lowest BCUT2D eigenvalue weighted by Gasteiger charge is -2.28. The van der Waals surface area contributed by atoms with Gasteiger partial charge in [-0.25, -0.2) is 0 Å². The van der Waals surface area contributed by atoms with Gasteiger partial charge in [0.25, 0.3) is 0 Å². The minimum Gasteiger partial charge on any atom is -0.292 e. The van der Waals surface area contributed by atoms with Crippen molar-refractivity contribution in [2.75, 3.05) is 0 Å². The molecule has 0 amide bonds. The molecule has 0 unspecified atom stereocenters. The number of nitrogens with zero attached hydrogens (tertiary/aromatic N) is 1. The fraction of sp³-hybridized carbons (Fsp3) is 0.458. The average Bonchev–Trinajstić information content (AvgIpc) is 2.58. The largest absolute Gasteiger partial charge is 0.292 e. The van der Waals surface area contributed by atoms with Crippen LogP contribution in [0.1, 0.15) is 82.8 Å². The van der Waals surface area contributed by atoms with Crippen LogP contribution < -0.4 is 5.32 Å². The maximum Gasteiger partial charge on any atom is 0.121 e. The van der Waals surface area contributed by atoms with Crippen LogP contribution in [0.5, 0.6) is 0 Å². The Kier molecular flexibility index (Phi) is 5.94. The molecule has 0 aliphatic rings. The van der Waals surface area contributed by atoms with Crippen molar-refractivity contribution in [3.8, 4) is 6.07 Å². The van der Waals surface area contributed by atoms with E-state index in [4.69, 9.17) is 0 Å². The molecule has 2 heteroatoms. The Morgan fingerprint density at radius 3 is 1.73 bits per heavy atom. The highest BCUT2D eigenvalue weighted by atomic mass is 14.9. The fourth-order valence-electron chi connectivity index (χ4n) is 2.98. The normalized spacial score (nSPS) is 14.5. The van der Waals surface area contributed by atoms with E-state index in [0.29, 0.717) is 0 Å². The van der Waals surface area contributed by atoms with Gasteiger partial charge in [0.05, 0.1) is 6.07 Å². The third-order valence-corrected chi connectivity index (χ3v) is 4.87. The Labute approximate surface area is 159 Å². The Balaban J connectivity index is 2.42. The smallest absolute Gasteiger partial charge is 0.121 e. The first kappa shape index (κ1) is 20.2. The van der Waals surface area contributed by atoms with E-state index < -0.39 is 0 Å². The summed E-state index contributed by atoms with van der Waals surface area (Å²) in [7, 11) is 0. The van der Waals surface area contributed by atoms with Crippen LogP contribution in [0.2, 0.25) is 0 Å². The summed E-state index contributed by atoms with van der Waals surface area (Å²) in [6.07, 6.45) is 0. The summed E-state index contributed by atoms with van der Waals surface area (Å²) >= 11 is 0. The first-order chi connectivity index (χ1) is 12.0. The molecule has 26 heavy (non-hydrogen) atoms. The molecule has 138 valence electrons. The summed E-state index contributed by atoms with van der Waals surface area (Å²) in [5, 5.41) is 13.3. The molecular formula is C24H32N2. The van der Waals surface area contributed by atoms with E-state index in [9.17, 15) is 5.26 Å². The van der Waals surface area contributed by atoms with Crippen molar-refractivity contribution in [1.82, 2.24) is 5.32 Å². The van der Waals surface area contributed by atoms with Crippen LogP contribution >= 0.6 is 0 Å². The van der Waals surface area contributed by atoms with Crippen molar-refractivity contribution in [3.05, 3.63) is 70.8 Å². The van der Waals surface area contributed by atoms with E-state index in [1.54, 1.807) is 0 Å². The quantitative estimate of drug-likeness (QED) is 0.714. The molecule has 0 radical (unpaired) electrons. The molecule has 1 N–H and O–H groups in total. The zero-order valence-corrected chi connectivity index (χ0v) is 17.2. The van der Waals surface area contributed by atoms with Gasteiger partial charge in [-0.1, -0.05) is 90.1 Å². The topological polar surface area (TPSA) is 35.8 Å². The van der Waals surface area contributed by atoms with Gasteiger partial charge in [-0.15, -0.1) is 0 Å². The second kappa shape index (κ2) is 7.64. The van der Waals surface area contributed by atoms with Crippen molar-refractivity contribution >= 4 is 0 Å². The highest BCUT2D eigenvalue weighted by Crippen LogP contribution is 2.32. The van der Waals surface area contributed by atoms with Gasteiger partial charge in [0.1, 0.15) is 6.04 Å². The first-order valence-corrected chi connectivity index (χ1v) is 9.39. The van der Waals surface area contributed by atoms with E-state index in [1.165, 1.54) is 16.7 Å². The third kappa shape index (κ3) is 4.96. The highest BCUT2D eigenvalue weighted by molar-refractivity contribution is 5.40. The van der Waals surface area contributed by atoms with Gasteiger partial charge in [-0.05, 0) is 40.0 Å². The van der Waals surface area contributed by atoms with E-state index in [-0.39, 0.29) is 22.9 Å². The Morgan fingerprint density at radius 1 is 0.808 bits per heavy atom. The lowest BCUT2D eigenvalue weighted by Crippen LogP contribution is -2.25. The van der Waals surface area contributed by atoms with Gasteiger partial charge in [0, 0.05) is 6.04 Å². The maximum absolute atomic E-state index is 9.85. The predicted molar refractivity (Wildman–Crippen MR) is 110 cm³/mol. The molecule has 2 aromatic rings. The molecule has 0 fully saturated rings. The van der Waals surface area contributed by atoms with E-state index in [2.05, 4.69) is 90.2 Å². The van der Waals surface area contributed by atoms with Crippen LogP contribution in [0.4, 0.5) is 0 Å². The molecule has 2 atom stereocenters. The highest BCUT2D eigenvalue weighted by Gasteiger charge is 2.23. The Hall–Kier alpha value is -2.11. The minimum absolute atomic E-state index is 0.0427. The third-order valence-electron chi connectivity index (χ3n) is 4.87. The second-order valence-corrected chi connectivity index (χ2v) is 9.20. The molecule has 0 aliphatic carbocycles. The molecule has 0 spiro atoms. The summed E-state index contributed by atoms with van der Waals surface area (Å²) < 4.78 is 0. The van der Waals surface area contributed by atoms with Crippen molar-refractivity contribution in [1.29, 1.82) is 5.26 Å². The van der Waals surface area contributed by atoms with Crippen LogP contribution in [-0.2, 0) is 10.8 Å². The van der Waals surface area contributed by atoms with Gasteiger partial charge in [0.15, 0.2) is 0 Å². The second-order valence-electron chi connectivity index (χ2n) is 9.20. The number of rotatable bonds is 4. The molecule has 0 aliphatic heterocycles. The molecule has 0 saturated heterocycles. The number of benzene rings is 2. The van der Waals surface area contributed by atoms with Crippen LogP contribution in [-0.4, -0.2) is 0 Å². The van der Waals surface area contributed by atoms with Gasteiger partial charge >= 0.3 is 0 Å². The summed E-state index contributed by atoms with van der Waals surface area (Å²) in [6, 6.07) is 19.2. The molecule has 0 bridgehead atoms. The Bertz CT molecular complexity index is 738. The molecule has 0 heterocycles. The zero-order valence-electron chi connectivity index (χ0n) is 17.2. The van der Waals surface area contributed by atoms with Gasteiger partial charge < -0.3 is 0 Å². The van der Waals surface area contributed by atoms with Crippen molar-refractivity contribution < 1.29 is 0 Å². The summed E-state index contributed by atoms with van der Waals surface area (Å²) in [4.78, 5) is 0. The maximum atomic E-state index is 9.85. The van der Waals surface area contributed by atoms with Crippen LogP contribution in [0.25, 0.3) is 0 Å². The number of nitrogens with one attached hydrogen (secondary N) is 1. The fourth-order valence-corrected chi connectivity index (χ4v) is 2.98. The lowest BCUT2D eigenvalue weighted by atomic mass is 9.79. The number of hydrogen-bond donors (Lipinski definition) is 1. The molecule has 2 nitrogen and oxygen atoms in total. The SMILES string of the molecule is C[C@@H](N[C@@H](C#N)c1cc(C(C)(C)C)cc(C(C)(C)C)c1)c1ccccc1. The number of nitriles is 1. The lowest BCUT2D eigenvalue weighted by molar-refractivity contribution is 0.525. The van der Waals surface area contributed by atoms with Crippen molar-refractivity contribution in [3.63, 3.8) is 0 Å². The number of hydrogen-bond acceptors (Lipinski definition) is 2. The average molecular weight is 349 g/mol. The van der Waals surface area contributed by atoms with Gasteiger partial charge in [-0.3, -0.25) is 5.32 Å². The predicted octanol–water partition coefficient (Wildman–Crippen LogP) is 6.20. The van der Waals surface area contributed by atoms with Crippen molar-refractivity contribution in [2.45, 2.75) is 71.4 Å². The summed E-state index contributed by atoms with van der Waals surface area (Å²) in [6.45, 7) is 15.4. The minimum atomic E-state index is -0.339.